The highest BCUT2D eigenvalue weighted by atomic mass is 16.1. The predicted octanol–water partition coefficient (Wildman–Crippen LogP) is 1.31. The summed E-state index contributed by atoms with van der Waals surface area (Å²) in [5.74, 6) is 0.464. The maximum atomic E-state index is 11.8. The molecule has 1 aromatic heterocycles. The number of carbonyl (C=O) groups is 1. The molecule has 1 amide bonds. The Bertz CT molecular complexity index is 502. The number of primary amides is 1. The maximum absolute atomic E-state index is 11.8. The molecule has 0 aromatic carbocycles. The Morgan fingerprint density at radius 1 is 1.38 bits per heavy atom. The number of nitrogens with zero attached hydrogens (tertiary/aromatic N) is 3. The molecule has 4 N–H and O–H groups in total. The summed E-state index contributed by atoms with van der Waals surface area (Å²) >= 11 is 0. The van der Waals surface area contributed by atoms with E-state index in [9.17, 15) is 4.79 Å². The van der Waals surface area contributed by atoms with E-state index in [2.05, 4.69) is 16.9 Å². The molecule has 0 radical (unpaired) electrons. The van der Waals surface area contributed by atoms with Crippen LogP contribution in [0.15, 0.2) is 0 Å². The van der Waals surface area contributed by atoms with Gasteiger partial charge < -0.3 is 16.4 Å². The molecule has 0 bridgehead atoms. The minimum absolute atomic E-state index is 0.314. The smallest absolute Gasteiger partial charge is 0.254 e. The van der Waals surface area contributed by atoms with Gasteiger partial charge in [-0.1, -0.05) is 6.92 Å². The van der Waals surface area contributed by atoms with Crippen LogP contribution in [0.3, 0.4) is 0 Å². The lowest BCUT2D eigenvalue weighted by Crippen LogP contribution is -2.43. The van der Waals surface area contributed by atoms with E-state index in [-0.39, 0.29) is 0 Å². The van der Waals surface area contributed by atoms with Crippen LogP contribution in [0.2, 0.25) is 0 Å². The Labute approximate surface area is 126 Å². The van der Waals surface area contributed by atoms with E-state index in [1.165, 1.54) is 0 Å². The monoisotopic (exact) mass is 293 g/mol. The van der Waals surface area contributed by atoms with Crippen LogP contribution in [-0.4, -0.2) is 34.3 Å². The van der Waals surface area contributed by atoms with E-state index in [1.54, 1.807) is 4.68 Å². The van der Waals surface area contributed by atoms with Crippen LogP contribution < -0.4 is 16.4 Å². The summed E-state index contributed by atoms with van der Waals surface area (Å²) in [6.45, 7) is 4.89. The van der Waals surface area contributed by atoms with E-state index in [1.807, 2.05) is 14.0 Å². The summed E-state index contributed by atoms with van der Waals surface area (Å²) < 4.78 is 1.79. The van der Waals surface area contributed by atoms with Gasteiger partial charge in [0.1, 0.15) is 11.4 Å². The molecule has 6 nitrogen and oxygen atoms in total. The molecule has 0 unspecified atom stereocenters. The second kappa shape index (κ2) is 6.47. The number of hydrogen-bond acceptors (Lipinski definition) is 4. The SMILES string of the molecule is CCCN(c1c(C(N)=O)c(C)nn1C)C1CCC(N)CC1. The summed E-state index contributed by atoms with van der Waals surface area (Å²) in [5.41, 5.74) is 12.8. The van der Waals surface area contributed by atoms with Crippen LogP contribution in [0.4, 0.5) is 5.82 Å². The molecule has 0 spiro atoms. The summed E-state index contributed by atoms with van der Waals surface area (Å²) in [6, 6.07) is 0.728. The zero-order valence-electron chi connectivity index (χ0n) is 13.3. The molecule has 21 heavy (non-hydrogen) atoms. The van der Waals surface area contributed by atoms with Crippen molar-refractivity contribution in [2.24, 2.45) is 18.5 Å². The molecule has 0 saturated heterocycles. The third kappa shape index (κ3) is 3.20. The number of rotatable bonds is 5. The van der Waals surface area contributed by atoms with Gasteiger partial charge in [0.25, 0.3) is 5.91 Å². The average molecular weight is 293 g/mol. The van der Waals surface area contributed by atoms with Gasteiger partial charge in [-0.05, 0) is 39.0 Å². The average Bonchev–Trinajstić information content (AvgIpc) is 2.72. The summed E-state index contributed by atoms with van der Waals surface area (Å²) in [5, 5.41) is 4.39. The van der Waals surface area contributed by atoms with Gasteiger partial charge in [-0.15, -0.1) is 0 Å². The van der Waals surface area contributed by atoms with E-state index >= 15 is 0 Å². The Balaban J connectivity index is 2.36. The maximum Gasteiger partial charge on any atom is 0.254 e. The lowest BCUT2D eigenvalue weighted by Gasteiger charge is -2.37. The first kappa shape index (κ1) is 15.8. The molecule has 1 saturated carbocycles. The number of carbonyl (C=O) groups excluding carboxylic acids is 1. The van der Waals surface area contributed by atoms with Crippen LogP contribution in [0, 0.1) is 6.92 Å². The Hall–Kier alpha value is -1.56. The fourth-order valence-electron chi connectivity index (χ4n) is 3.38. The minimum atomic E-state index is -0.399. The first-order valence-corrected chi connectivity index (χ1v) is 7.81. The molecule has 1 fully saturated rings. The third-order valence-corrected chi connectivity index (χ3v) is 4.36. The van der Waals surface area contributed by atoms with Gasteiger partial charge in [0, 0.05) is 25.7 Å². The van der Waals surface area contributed by atoms with E-state index in [0.717, 1.165) is 44.5 Å². The first-order chi connectivity index (χ1) is 9.95. The minimum Gasteiger partial charge on any atom is -0.365 e. The third-order valence-electron chi connectivity index (χ3n) is 4.36. The predicted molar refractivity (Wildman–Crippen MR) is 84.3 cm³/mol. The molecular formula is C15H27N5O. The largest absolute Gasteiger partial charge is 0.365 e. The summed E-state index contributed by atoms with van der Waals surface area (Å²) in [7, 11) is 1.88. The number of aromatic nitrogens is 2. The fraction of sp³-hybridized carbons (Fsp3) is 0.733. The first-order valence-electron chi connectivity index (χ1n) is 7.81. The summed E-state index contributed by atoms with van der Waals surface area (Å²) in [6.07, 6.45) is 5.21. The van der Waals surface area contributed by atoms with Gasteiger partial charge in [0.05, 0.1) is 5.69 Å². The highest BCUT2D eigenvalue weighted by Crippen LogP contribution is 2.30. The summed E-state index contributed by atoms with van der Waals surface area (Å²) in [4.78, 5) is 14.1. The normalized spacial score (nSPS) is 22.3. The Morgan fingerprint density at radius 3 is 2.52 bits per heavy atom. The van der Waals surface area contributed by atoms with Crippen molar-refractivity contribution < 1.29 is 4.79 Å². The lowest BCUT2D eigenvalue weighted by molar-refractivity contribution is 0.1000. The molecule has 0 aliphatic heterocycles. The second-order valence-electron chi connectivity index (χ2n) is 6.03. The van der Waals surface area contributed by atoms with Crippen molar-refractivity contribution in [2.45, 2.75) is 58.0 Å². The van der Waals surface area contributed by atoms with Crippen LogP contribution in [0.1, 0.15) is 55.1 Å². The number of amides is 1. The Kier molecular flexibility index (Phi) is 4.88. The van der Waals surface area contributed by atoms with E-state index in [4.69, 9.17) is 11.5 Å². The van der Waals surface area contributed by atoms with Crippen molar-refractivity contribution in [3.63, 3.8) is 0 Å². The molecule has 1 heterocycles. The van der Waals surface area contributed by atoms with Crippen LogP contribution >= 0.6 is 0 Å². The highest BCUT2D eigenvalue weighted by molar-refractivity contribution is 5.99. The molecule has 1 aromatic rings. The van der Waals surface area contributed by atoms with Crippen molar-refractivity contribution in [1.29, 1.82) is 0 Å². The van der Waals surface area contributed by atoms with Gasteiger partial charge in [-0.3, -0.25) is 9.48 Å². The molecule has 6 heteroatoms. The van der Waals surface area contributed by atoms with Gasteiger partial charge in [0.2, 0.25) is 0 Å². The zero-order valence-corrected chi connectivity index (χ0v) is 13.3. The molecule has 118 valence electrons. The van der Waals surface area contributed by atoms with Crippen LogP contribution in [0.5, 0.6) is 0 Å². The van der Waals surface area contributed by atoms with Crippen molar-refractivity contribution in [2.75, 3.05) is 11.4 Å². The van der Waals surface area contributed by atoms with Crippen LogP contribution in [-0.2, 0) is 7.05 Å². The van der Waals surface area contributed by atoms with Crippen molar-refractivity contribution in [3.05, 3.63) is 11.3 Å². The topological polar surface area (TPSA) is 90.2 Å². The van der Waals surface area contributed by atoms with Gasteiger partial charge >= 0.3 is 0 Å². The van der Waals surface area contributed by atoms with E-state index < -0.39 is 5.91 Å². The fourth-order valence-corrected chi connectivity index (χ4v) is 3.38. The number of nitrogens with two attached hydrogens (primary N) is 2. The van der Waals surface area contributed by atoms with E-state index in [0.29, 0.717) is 23.3 Å². The van der Waals surface area contributed by atoms with Crippen molar-refractivity contribution in [1.82, 2.24) is 9.78 Å². The zero-order chi connectivity index (χ0) is 15.6. The standard InChI is InChI=1S/C15H27N5O/c1-4-9-20(12-7-5-11(16)6-8-12)15-13(14(17)21)10(2)18-19(15)3/h11-12H,4-9,16H2,1-3H3,(H2,17,21). The van der Waals surface area contributed by atoms with Crippen molar-refractivity contribution >= 4 is 11.7 Å². The number of anilines is 1. The van der Waals surface area contributed by atoms with Gasteiger partial charge in [-0.2, -0.15) is 5.10 Å². The van der Waals surface area contributed by atoms with Gasteiger partial charge in [-0.25, -0.2) is 0 Å². The van der Waals surface area contributed by atoms with Gasteiger partial charge in [0.15, 0.2) is 0 Å². The number of hydrogen-bond donors (Lipinski definition) is 2. The highest BCUT2D eigenvalue weighted by Gasteiger charge is 2.30. The molecule has 2 rings (SSSR count). The molecule has 0 atom stereocenters. The lowest BCUT2D eigenvalue weighted by atomic mass is 9.90. The number of aryl methyl sites for hydroxylation is 2. The quantitative estimate of drug-likeness (QED) is 0.856. The molecular weight excluding hydrogens is 266 g/mol. The molecule has 1 aliphatic rings. The van der Waals surface area contributed by atoms with Crippen molar-refractivity contribution in [3.8, 4) is 0 Å². The molecule has 1 aliphatic carbocycles. The second-order valence-corrected chi connectivity index (χ2v) is 6.03. The Morgan fingerprint density at radius 2 is 2.00 bits per heavy atom. The van der Waals surface area contributed by atoms with Crippen LogP contribution in [0.25, 0.3) is 0 Å².